The molecular weight excluding hydrogens is 164 g/mol. The molecule has 0 spiro atoms. The minimum absolute atomic E-state index is 0.453. The molecule has 0 heterocycles. The van der Waals surface area contributed by atoms with Crippen LogP contribution in [0.2, 0.25) is 0 Å². The second-order valence-electron chi connectivity index (χ2n) is 3.07. The number of carboxylic acid groups (broad SMARTS) is 1. The van der Waals surface area contributed by atoms with Crippen molar-refractivity contribution in [3.8, 4) is 0 Å². The molecule has 1 aromatic carbocycles. The molecule has 0 aromatic heterocycles. The van der Waals surface area contributed by atoms with Gasteiger partial charge in [-0.1, -0.05) is 43.7 Å². The Balaban J connectivity index is 2.82. The summed E-state index contributed by atoms with van der Waals surface area (Å²) < 4.78 is 0. The molecule has 0 amide bonds. The van der Waals surface area contributed by atoms with Crippen LogP contribution < -0.4 is 5.11 Å². The third-order valence-electron chi connectivity index (χ3n) is 2.06. The van der Waals surface area contributed by atoms with Gasteiger partial charge in [0, 0.05) is 11.9 Å². The van der Waals surface area contributed by atoms with E-state index in [1.54, 1.807) is 0 Å². The highest BCUT2D eigenvalue weighted by atomic mass is 16.4. The Morgan fingerprint density at radius 2 is 2.00 bits per heavy atom. The number of aliphatic carboxylic acids is 1. The molecule has 0 bridgehead atoms. The normalized spacial score (nSPS) is 12.4. The highest BCUT2D eigenvalue weighted by molar-refractivity contribution is 5.73. The van der Waals surface area contributed by atoms with E-state index in [9.17, 15) is 9.90 Å². The van der Waals surface area contributed by atoms with E-state index in [2.05, 4.69) is 0 Å². The fourth-order valence-corrected chi connectivity index (χ4v) is 1.39. The molecular formula is C11H13O2-. The average molecular weight is 177 g/mol. The second kappa shape index (κ2) is 4.65. The van der Waals surface area contributed by atoms with E-state index >= 15 is 0 Å². The van der Waals surface area contributed by atoms with Crippen LogP contribution in [0, 0.1) is 0 Å². The van der Waals surface area contributed by atoms with Crippen molar-refractivity contribution in [3.05, 3.63) is 35.9 Å². The molecule has 0 radical (unpaired) electrons. The number of hydrogen-bond acceptors (Lipinski definition) is 2. The summed E-state index contributed by atoms with van der Waals surface area (Å²) in [6.45, 7) is 1.97. The average Bonchev–Trinajstić information content (AvgIpc) is 2.15. The molecule has 0 saturated carbocycles. The van der Waals surface area contributed by atoms with Crippen LogP contribution in [0.15, 0.2) is 30.3 Å². The zero-order valence-electron chi connectivity index (χ0n) is 7.69. The molecule has 0 aliphatic heterocycles. The van der Waals surface area contributed by atoms with Crippen LogP contribution >= 0.6 is 0 Å². The summed E-state index contributed by atoms with van der Waals surface area (Å²) in [5.41, 5.74) is 0.837. The fourth-order valence-electron chi connectivity index (χ4n) is 1.39. The van der Waals surface area contributed by atoms with Gasteiger partial charge in [-0.2, -0.15) is 0 Å². The van der Waals surface area contributed by atoms with Gasteiger partial charge in [0.05, 0.1) is 0 Å². The van der Waals surface area contributed by atoms with Crippen LogP contribution in [0.4, 0.5) is 0 Å². The van der Waals surface area contributed by atoms with Gasteiger partial charge in [-0.05, 0) is 12.0 Å². The monoisotopic (exact) mass is 177 g/mol. The van der Waals surface area contributed by atoms with Gasteiger partial charge in [0.2, 0.25) is 0 Å². The van der Waals surface area contributed by atoms with E-state index in [0.717, 1.165) is 12.0 Å². The molecule has 0 aliphatic rings. The summed E-state index contributed by atoms with van der Waals surface area (Å²) in [5, 5.41) is 10.8. The van der Waals surface area contributed by atoms with Gasteiger partial charge in [-0.3, -0.25) is 0 Å². The first-order valence-electron chi connectivity index (χ1n) is 4.51. The number of rotatable bonds is 4. The predicted molar refractivity (Wildman–Crippen MR) is 49.1 cm³/mol. The van der Waals surface area contributed by atoms with Crippen molar-refractivity contribution < 1.29 is 9.90 Å². The number of benzene rings is 1. The Labute approximate surface area is 78.2 Å². The maximum atomic E-state index is 10.8. The van der Waals surface area contributed by atoms with Crippen molar-refractivity contribution in [3.63, 3.8) is 0 Å². The van der Waals surface area contributed by atoms with E-state index in [4.69, 9.17) is 0 Å². The Morgan fingerprint density at radius 3 is 2.46 bits per heavy atom. The van der Waals surface area contributed by atoms with Crippen LogP contribution in [-0.2, 0) is 4.79 Å². The first kappa shape index (κ1) is 9.78. The molecule has 2 heteroatoms. The largest absolute Gasteiger partial charge is 0.549 e. The third kappa shape index (κ3) is 2.58. The molecule has 70 valence electrons. The van der Waals surface area contributed by atoms with Crippen molar-refractivity contribution in [2.24, 2.45) is 0 Å². The minimum Gasteiger partial charge on any atom is -0.549 e. The van der Waals surface area contributed by atoms with Crippen LogP contribution in [-0.4, -0.2) is 5.97 Å². The highest BCUT2D eigenvalue weighted by Gasteiger charge is 2.10. The Morgan fingerprint density at radius 1 is 1.38 bits per heavy atom. The predicted octanol–water partition coefficient (Wildman–Crippen LogP) is 1.32. The summed E-state index contributed by atoms with van der Waals surface area (Å²) in [4.78, 5) is 10.8. The van der Waals surface area contributed by atoms with Gasteiger partial charge in [-0.25, -0.2) is 0 Å². The number of carbonyl (C=O) groups is 1. The van der Waals surface area contributed by atoms with Gasteiger partial charge in [-0.15, -0.1) is 0 Å². The zero-order chi connectivity index (χ0) is 9.68. The van der Waals surface area contributed by atoms with Gasteiger partial charge < -0.3 is 9.90 Å². The molecule has 1 atom stereocenters. The maximum Gasteiger partial charge on any atom is 0.0489 e. The van der Waals surface area contributed by atoms with E-state index in [-0.39, 0.29) is 0 Å². The Bertz CT molecular complexity index is 267. The first-order chi connectivity index (χ1) is 6.25. The summed E-state index contributed by atoms with van der Waals surface area (Å²) in [6.07, 6.45) is 1.50. The summed E-state index contributed by atoms with van der Waals surface area (Å²) in [5.74, 6) is -1.43. The lowest BCUT2D eigenvalue weighted by atomic mass is 9.95. The Kier molecular flexibility index (Phi) is 3.50. The molecule has 0 N–H and O–H groups in total. The summed E-state index contributed by atoms with van der Waals surface area (Å²) >= 11 is 0. The molecule has 13 heavy (non-hydrogen) atoms. The Hall–Kier alpha value is -1.31. The molecule has 1 unspecified atom stereocenters. The van der Waals surface area contributed by atoms with E-state index in [0.29, 0.717) is 6.42 Å². The molecule has 1 rings (SSSR count). The second-order valence-corrected chi connectivity index (χ2v) is 3.07. The lowest BCUT2D eigenvalue weighted by Gasteiger charge is -2.17. The van der Waals surface area contributed by atoms with Gasteiger partial charge in [0.1, 0.15) is 0 Å². The maximum absolute atomic E-state index is 10.8. The molecule has 0 fully saturated rings. The first-order valence-corrected chi connectivity index (χ1v) is 4.51. The van der Waals surface area contributed by atoms with E-state index in [1.807, 2.05) is 37.3 Å². The molecule has 0 aliphatic carbocycles. The van der Waals surface area contributed by atoms with Gasteiger partial charge in [0.25, 0.3) is 0 Å². The van der Waals surface area contributed by atoms with Crippen LogP contribution in [0.25, 0.3) is 0 Å². The van der Waals surface area contributed by atoms with Crippen molar-refractivity contribution in [2.75, 3.05) is 0 Å². The quantitative estimate of drug-likeness (QED) is 0.695. The molecule has 2 nitrogen and oxygen atoms in total. The van der Waals surface area contributed by atoms with Gasteiger partial charge in [0.15, 0.2) is 0 Å². The SMILES string of the molecule is CCCC(C(=O)[O-])c1ccccc1. The van der Waals surface area contributed by atoms with Crippen molar-refractivity contribution in [1.29, 1.82) is 0 Å². The standard InChI is InChI=1S/C11H14O2/c1-2-6-10(11(12)13)9-7-4-3-5-8-9/h3-5,7-8,10H,2,6H2,1H3,(H,12,13)/p-1. The smallest absolute Gasteiger partial charge is 0.0489 e. The van der Waals surface area contributed by atoms with Crippen LogP contribution in [0.1, 0.15) is 31.2 Å². The number of carboxylic acids is 1. The lowest BCUT2D eigenvalue weighted by molar-refractivity contribution is -0.308. The molecule has 0 saturated heterocycles. The van der Waals surface area contributed by atoms with Crippen LogP contribution in [0.3, 0.4) is 0 Å². The summed E-state index contributed by atoms with van der Waals surface area (Å²) in [7, 11) is 0. The van der Waals surface area contributed by atoms with Crippen molar-refractivity contribution in [1.82, 2.24) is 0 Å². The van der Waals surface area contributed by atoms with E-state index < -0.39 is 11.9 Å². The minimum atomic E-state index is -0.979. The van der Waals surface area contributed by atoms with E-state index in [1.165, 1.54) is 0 Å². The van der Waals surface area contributed by atoms with Gasteiger partial charge >= 0.3 is 0 Å². The number of carbonyl (C=O) groups excluding carboxylic acids is 1. The van der Waals surface area contributed by atoms with Crippen LogP contribution in [0.5, 0.6) is 0 Å². The topological polar surface area (TPSA) is 40.1 Å². The zero-order valence-corrected chi connectivity index (χ0v) is 7.69. The lowest BCUT2D eigenvalue weighted by Crippen LogP contribution is -2.29. The summed E-state index contributed by atoms with van der Waals surface area (Å²) in [6, 6.07) is 9.23. The third-order valence-corrected chi connectivity index (χ3v) is 2.06. The highest BCUT2D eigenvalue weighted by Crippen LogP contribution is 2.19. The fraction of sp³-hybridized carbons (Fsp3) is 0.364. The molecule has 1 aromatic rings. The van der Waals surface area contributed by atoms with Crippen molar-refractivity contribution >= 4 is 5.97 Å². The van der Waals surface area contributed by atoms with Crippen molar-refractivity contribution in [2.45, 2.75) is 25.7 Å². The number of hydrogen-bond donors (Lipinski definition) is 0.